The maximum Gasteiger partial charge on any atom is 0.0480 e. The molecule has 1 heterocycles. The van der Waals surface area contributed by atoms with Crippen molar-refractivity contribution in [2.24, 2.45) is 0 Å². The van der Waals surface area contributed by atoms with Crippen LogP contribution in [0, 0.1) is 6.92 Å². The summed E-state index contributed by atoms with van der Waals surface area (Å²) < 4.78 is 5.53. The fourth-order valence-electron chi connectivity index (χ4n) is 3.52. The fraction of sp³-hybridized carbons (Fsp3) is 0.429. The standard InChI is InChI=1S/C21H27NO/c1-3-22(20-11-13-23-14-12-20)16-19-15-17(2)9-10-21(19)18-7-5-4-6-8-18/h4-10,15,20H,3,11-14,16H2,1-2H3. The van der Waals surface area contributed by atoms with E-state index in [1.165, 1.54) is 22.3 Å². The maximum atomic E-state index is 5.53. The molecule has 0 N–H and O–H groups in total. The normalized spacial score (nSPS) is 16.0. The molecule has 0 aromatic heterocycles. The van der Waals surface area contributed by atoms with E-state index in [0.717, 1.165) is 39.1 Å². The fourth-order valence-corrected chi connectivity index (χ4v) is 3.52. The highest BCUT2D eigenvalue weighted by molar-refractivity contribution is 5.67. The van der Waals surface area contributed by atoms with Crippen LogP contribution in [-0.4, -0.2) is 30.7 Å². The van der Waals surface area contributed by atoms with E-state index in [4.69, 9.17) is 4.74 Å². The van der Waals surface area contributed by atoms with Crippen LogP contribution in [0.5, 0.6) is 0 Å². The average molecular weight is 309 g/mol. The zero-order valence-corrected chi connectivity index (χ0v) is 14.3. The van der Waals surface area contributed by atoms with Crippen molar-refractivity contribution < 1.29 is 4.74 Å². The summed E-state index contributed by atoms with van der Waals surface area (Å²) >= 11 is 0. The third-order valence-electron chi connectivity index (χ3n) is 4.83. The Kier molecular flexibility index (Phi) is 5.47. The monoisotopic (exact) mass is 309 g/mol. The van der Waals surface area contributed by atoms with E-state index in [-0.39, 0.29) is 0 Å². The Labute approximate surface area is 140 Å². The topological polar surface area (TPSA) is 12.5 Å². The van der Waals surface area contributed by atoms with E-state index in [0.29, 0.717) is 6.04 Å². The predicted octanol–water partition coefficient (Wildman–Crippen LogP) is 4.66. The van der Waals surface area contributed by atoms with E-state index in [1.807, 2.05) is 0 Å². The number of benzene rings is 2. The van der Waals surface area contributed by atoms with Crippen molar-refractivity contribution in [1.82, 2.24) is 4.90 Å². The lowest BCUT2D eigenvalue weighted by molar-refractivity contribution is 0.0330. The van der Waals surface area contributed by atoms with Crippen molar-refractivity contribution in [3.05, 3.63) is 59.7 Å². The molecule has 23 heavy (non-hydrogen) atoms. The quantitative estimate of drug-likeness (QED) is 0.796. The van der Waals surface area contributed by atoms with Crippen molar-refractivity contribution in [2.75, 3.05) is 19.8 Å². The Hall–Kier alpha value is -1.64. The summed E-state index contributed by atoms with van der Waals surface area (Å²) in [5.41, 5.74) is 5.44. The lowest BCUT2D eigenvalue weighted by Crippen LogP contribution is -2.38. The second-order valence-electron chi connectivity index (χ2n) is 6.43. The molecule has 0 bridgehead atoms. The number of aryl methyl sites for hydroxylation is 1. The van der Waals surface area contributed by atoms with Gasteiger partial charge in [-0.25, -0.2) is 0 Å². The van der Waals surface area contributed by atoms with E-state index in [1.54, 1.807) is 0 Å². The van der Waals surface area contributed by atoms with E-state index in [2.05, 4.69) is 67.3 Å². The predicted molar refractivity (Wildman–Crippen MR) is 96.5 cm³/mol. The SMILES string of the molecule is CCN(Cc1cc(C)ccc1-c1ccccc1)C1CCOCC1. The van der Waals surface area contributed by atoms with E-state index < -0.39 is 0 Å². The van der Waals surface area contributed by atoms with Crippen LogP contribution in [0.4, 0.5) is 0 Å². The molecule has 1 aliphatic rings. The minimum atomic E-state index is 0.651. The van der Waals surface area contributed by atoms with Gasteiger partial charge in [0, 0.05) is 25.8 Å². The van der Waals surface area contributed by atoms with Gasteiger partial charge in [-0.15, -0.1) is 0 Å². The van der Waals surface area contributed by atoms with Gasteiger partial charge in [0.25, 0.3) is 0 Å². The van der Waals surface area contributed by atoms with E-state index in [9.17, 15) is 0 Å². The summed E-state index contributed by atoms with van der Waals surface area (Å²) in [6.45, 7) is 8.37. The third kappa shape index (κ3) is 4.01. The molecule has 0 unspecified atom stereocenters. The summed E-state index contributed by atoms with van der Waals surface area (Å²) in [4.78, 5) is 2.61. The molecule has 3 rings (SSSR count). The molecule has 2 nitrogen and oxygen atoms in total. The molecule has 2 aromatic carbocycles. The average Bonchev–Trinajstić information content (AvgIpc) is 2.61. The Balaban J connectivity index is 1.87. The summed E-state index contributed by atoms with van der Waals surface area (Å²) in [6.07, 6.45) is 2.31. The van der Waals surface area contributed by atoms with Crippen LogP contribution in [0.2, 0.25) is 0 Å². The number of hydrogen-bond acceptors (Lipinski definition) is 2. The first kappa shape index (κ1) is 16.2. The van der Waals surface area contributed by atoms with Gasteiger partial charge in [0.05, 0.1) is 0 Å². The summed E-state index contributed by atoms with van der Waals surface area (Å²) in [5, 5.41) is 0. The van der Waals surface area contributed by atoms with Crippen LogP contribution < -0.4 is 0 Å². The van der Waals surface area contributed by atoms with Gasteiger partial charge in [-0.2, -0.15) is 0 Å². The zero-order valence-electron chi connectivity index (χ0n) is 14.3. The number of rotatable bonds is 5. The van der Waals surface area contributed by atoms with Gasteiger partial charge in [0.15, 0.2) is 0 Å². The molecular weight excluding hydrogens is 282 g/mol. The molecule has 1 fully saturated rings. The Morgan fingerprint density at radius 1 is 1.04 bits per heavy atom. The minimum absolute atomic E-state index is 0.651. The molecule has 0 amide bonds. The van der Waals surface area contributed by atoms with Crippen molar-refractivity contribution in [2.45, 2.75) is 39.3 Å². The van der Waals surface area contributed by atoms with Gasteiger partial charge in [-0.3, -0.25) is 4.90 Å². The van der Waals surface area contributed by atoms with Crippen molar-refractivity contribution in [1.29, 1.82) is 0 Å². The second kappa shape index (κ2) is 7.76. The molecule has 2 heteroatoms. The van der Waals surface area contributed by atoms with E-state index >= 15 is 0 Å². The smallest absolute Gasteiger partial charge is 0.0480 e. The van der Waals surface area contributed by atoms with Crippen molar-refractivity contribution in [3.8, 4) is 11.1 Å². The van der Waals surface area contributed by atoms with Gasteiger partial charge < -0.3 is 4.74 Å². The zero-order chi connectivity index (χ0) is 16.1. The Bertz CT molecular complexity index is 617. The lowest BCUT2D eigenvalue weighted by atomic mass is 9.96. The number of nitrogens with zero attached hydrogens (tertiary/aromatic N) is 1. The molecule has 1 saturated heterocycles. The van der Waals surface area contributed by atoms with Gasteiger partial charge >= 0.3 is 0 Å². The van der Waals surface area contributed by atoms with Crippen molar-refractivity contribution in [3.63, 3.8) is 0 Å². The molecule has 1 aliphatic heterocycles. The highest BCUT2D eigenvalue weighted by Crippen LogP contribution is 2.27. The second-order valence-corrected chi connectivity index (χ2v) is 6.43. The molecule has 0 radical (unpaired) electrons. The molecule has 0 saturated carbocycles. The van der Waals surface area contributed by atoms with Crippen LogP contribution in [-0.2, 0) is 11.3 Å². The lowest BCUT2D eigenvalue weighted by Gasteiger charge is -2.34. The molecule has 0 aliphatic carbocycles. The number of hydrogen-bond donors (Lipinski definition) is 0. The first-order chi connectivity index (χ1) is 11.3. The Morgan fingerprint density at radius 2 is 1.78 bits per heavy atom. The van der Waals surface area contributed by atoms with Gasteiger partial charge in [-0.05, 0) is 43.0 Å². The summed E-state index contributed by atoms with van der Waals surface area (Å²) in [7, 11) is 0. The van der Waals surface area contributed by atoms with Crippen LogP contribution in [0.25, 0.3) is 11.1 Å². The van der Waals surface area contributed by atoms with Crippen molar-refractivity contribution >= 4 is 0 Å². The molecule has 2 aromatic rings. The summed E-state index contributed by atoms with van der Waals surface area (Å²) in [6, 6.07) is 18.2. The summed E-state index contributed by atoms with van der Waals surface area (Å²) in [5.74, 6) is 0. The first-order valence-electron chi connectivity index (χ1n) is 8.74. The largest absolute Gasteiger partial charge is 0.381 e. The van der Waals surface area contributed by atoms with Gasteiger partial charge in [0.2, 0.25) is 0 Å². The van der Waals surface area contributed by atoms with Gasteiger partial charge in [0.1, 0.15) is 0 Å². The highest BCUT2D eigenvalue weighted by Gasteiger charge is 2.21. The van der Waals surface area contributed by atoms with Crippen LogP contribution in [0.3, 0.4) is 0 Å². The highest BCUT2D eigenvalue weighted by atomic mass is 16.5. The maximum absolute atomic E-state index is 5.53. The van der Waals surface area contributed by atoms with Crippen LogP contribution in [0.1, 0.15) is 30.9 Å². The third-order valence-corrected chi connectivity index (χ3v) is 4.83. The molecular formula is C21H27NO. The van der Waals surface area contributed by atoms with Crippen LogP contribution in [0.15, 0.2) is 48.5 Å². The van der Waals surface area contributed by atoms with Gasteiger partial charge in [-0.1, -0.05) is 61.0 Å². The molecule has 0 spiro atoms. The minimum Gasteiger partial charge on any atom is -0.381 e. The molecule has 0 atom stereocenters. The first-order valence-corrected chi connectivity index (χ1v) is 8.74. The number of ether oxygens (including phenoxy) is 1. The Morgan fingerprint density at radius 3 is 2.48 bits per heavy atom. The van der Waals surface area contributed by atoms with Crippen LogP contribution >= 0.6 is 0 Å². The molecule has 122 valence electrons.